The van der Waals surface area contributed by atoms with E-state index in [2.05, 4.69) is 15.9 Å². The minimum absolute atomic E-state index is 0.121. The molecular weight excluding hydrogens is 350 g/mol. The maximum atomic E-state index is 12.5. The molecule has 0 atom stereocenters. The van der Waals surface area contributed by atoms with Gasteiger partial charge in [0.05, 0.1) is 4.90 Å². The van der Waals surface area contributed by atoms with E-state index >= 15 is 0 Å². The molecule has 0 unspecified atom stereocenters. The van der Waals surface area contributed by atoms with E-state index in [-0.39, 0.29) is 9.80 Å². The molecule has 2 rings (SSSR count). The van der Waals surface area contributed by atoms with Gasteiger partial charge in [0.15, 0.2) is 0 Å². The third kappa shape index (κ3) is 3.60. The van der Waals surface area contributed by atoms with Gasteiger partial charge in [-0.15, -0.1) is 0 Å². The van der Waals surface area contributed by atoms with Crippen LogP contribution in [-0.2, 0) is 9.84 Å². The number of halogens is 1. The first-order valence-corrected chi connectivity index (χ1v) is 8.40. The van der Waals surface area contributed by atoms with Gasteiger partial charge in [0, 0.05) is 4.47 Å². The molecule has 0 N–H and O–H groups in total. The molecule has 2 aromatic carbocycles. The Balaban J connectivity index is 2.50. The fourth-order valence-corrected chi connectivity index (χ4v) is 3.34. The number of sulfone groups is 1. The van der Waals surface area contributed by atoms with Crippen LogP contribution in [0.1, 0.15) is 11.1 Å². The van der Waals surface area contributed by atoms with Crippen LogP contribution >= 0.6 is 15.9 Å². The van der Waals surface area contributed by atoms with Gasteiger partial charge in [-0.1, -0.05) is 45.8 Å². The minimum atomic E-state index is -3.79. The summed E-state index contributed by atoms with van der Waals surface area (Å²) < 4.78 is 25.7. The van der Waals surface area contributed by atoms with Crippen LogP contribution in [0.25, 0.3) is 6.08 Å². The van der Waals surface area contributed by atoms with Crippen LogP contribution in [0.15, 0.2) is 62.8 Å². The molecule has 0 saturated heterocycles. The number of hydrogen-bond acceptors (Lipinski definition) is 3. The van der Waals surface area contributed by atoms with Crippen molar-refractivity contribution in [2.75, 3.05) is 0 Å². The molecule has 0 aliphatic heterocycles. The van der Waals surface area contributed by atoms with E-state index in [1.165, 1.54) is 18.2 Å². The maximum absolute atomic E-state index is 12.5. The minimum Gasteiger partial charge on any atom is -0.218 e. The molecule has 0 saturated carbocycles. The first-order chi connectivity index (χ1) is 9.93. The predicted molar refractivity (Wildman–Crippen MR) is 86.1 cm³/mol. The van der Waals surface area contributed by atoms with Crippen LogP contribution in [0.4, 0.5) is 0 Å². The predicted octanol–water partition coefficient (Wildman–Crippen LogP) is 4.10. The van der Waals surface area contributed by atoms with E-state index in [1.807, 2.05) is 13.0 Å². The van der Waals surface area contributed by atoms with Crippen LogP contribution in [0.2, 0.25) is 0 Å². The van der Waals surface area contributed by atoms with Gasteiger partial charge in [-0.2, -0.15) is 5.26 Å². The van der Waals surface area contributed by atoms with E-state index in [4.69, 9.17) is 0 Å². The van der Waals surface area contributed by atoms with E-state index < -0.39 is 9.84 Å². The molecule has 21 heavy (non-hydrogen) atoms. The van der Waals surface area contributed by atoms with Crippen molar-refractivity contribution in [2.24, 2.45) is 0 Å². The van der Waals surface area contributed by atoms with Crippen LogP contribution in [-0.4, -0.2) is 8.42 Å². The van der Waals surface area contributed by atoms with Gasteiger partial charge in [0.1, 0.15) is 11.0 Å². The van der Waals surface area contributed by atoms with Crippen LogP contribution in [0.5, 0.6) is 0 Å². The van der Waals surface area contributed by atoms with E-state index in [1.54, 1.807) is 36.4 Å². The number of rotatable bonds is 3. The molecular formula is C16H12BrNO2S. The van der Waals surface area contributed by atoms with Crippen molar-refractivity contribution in [2.45, 2.75) is 11.8 Å². The van der Waals surface area contributed by atoms with Gasteiger partial charge in [-0.3, -0.25) is 0 Å². The van der Waals surface area contributed by atoms with Gasteiger partial charge >= 0.3 is 0 Å². The zero-order valence-electron chi connectivity index (χ0n) is 11.2. The number of benzene rings is 2. The first kappa shape index (κ1) is 15.5. The smallest absolute Gasteiger partial charge is 0.216 e. The molecule has 0 aliphatic carbocycles. The third-order valence-electron chi connectivity index (χ3n) is 2.88. The Morgan fingerprint density at radius 2 is 1.86 bits per heavy atom. The van der Waals surface area contributed by atoms with Gasteiger partial charge in [-0.25, -0.2) is 8.42 Å². The molecule has 0 aromatic heterocycles. The summed E-state index contributed by atoms with van der Waals surface area (Å²) in [5, 5.41) is 9.20. The number of aryl methyl sites for hydroxylation is 1. The van der Waals surface area contributed by atoms with Crippen molar-refractivity contribution in [1.82, 2.24) is 0 Å². The van der Waals surface area contributed by atoms with Gasteiger partial charge < -0.3 is 0 Å². The van der Waals surface area contributed by atoms with Crippen molar-refractivity contribution in [3.8, 4) is 6.07 Å². The quantitative estimate of drug-likeness (QED) is 0.773. The summed E-state index contributed by atoms with van der Waals surface area (Å²) in [5.74, 6) is 0. The summed E-state index contributed by atoms with van der Waals surface area (Å²) in [6.07, 6.45) is 1.37. The summed E-state index contributed by atoms with van der Waals surface area (Å²) in [4.78, 5) is -0.152. The van der Waals surface area contributed by atoms with E-state index in [0.717, 1.165) is 10.0 Å². The molecule has 106 valence electrons. The molecule has 0 heterocycles. The molecule has 0 bridgehead atoms. The van der Waals surface area contributed by atoms with E-state index in [9.17, 15) is 13.7 Å². The number of hydrogen-bond donors (Lipinski definition) is 0. The second-order valence-corrected chi connectivity index (χ2v) is 7.33. The Morgan fingerprint density at radius 1 is 1.19 bits per heavy atom. The Morgan fingerprint density at radius 3 is 2.43 bits per heavy atom. The van der Waals surface area contributed by atoms with Crippen LogP contribution in [0, 0.1) is 18.3 Å². The van der Waals surface area contributed by atoms with Crippen LogP contribution in [0.3, 0.4) is 0 Å². The lowest BCUT2D eigenvalue weighted by atomic mass is 10.2. The summed E-state index contributed by atoms with van der Waals surface area (Å²) in [6, 6.07) is 15.3. The number of nitrogens with zero attached hydrogens (tertiary/aromatic N) is 1. The molecule has 2 aromatic rings. The highest BCUT2D eigenvalue weighted by Gasteiger charge is 2.20. The summed E-state index contributed by atoms with van der Waals surface area (Å²) >= 11 is 3.32. The zero-order chi connectivity index (χ0) is 15.5. The first-order valence-electron chi connectivity index (χ1n) is 6.12. The standard InChI is InChI=1S/C16H12BrNO2S/c1-12-5-7-15(8-6-12)21(19,20)16(11-18)10-13-3-2-4-14(17)9-13/h2-10H,1H3/b16-10+. The molecule has 5 heteroatoms. The molecule has 0 aliphatic rings. The average molecular weight is 362 g/mol. The Bertz CT molecular complexity index is 831. The lowest BCUT2D eigenvalue weighted by Crippen LogP contribution is -2.03. The Hall–Kier alpha value is -1.90. The molecule has 0 amide bonds. The lowest BCUT2D eigenvalue weighted by Gasteiger charge is -2.04. The molecule has 0 fully saturated rings. The molecule has 3 nitrogen and oxygen atoms in total. The third-order valence-corrected chi connectivity index (χ3v) is 5.05. The van der Waals surface area contributed by atoms with Crippen LogP contribution < -0.4 is 0 Å². The van der Waals surface area contributed by atoms with Crippen molar-refractivity contribution >= 4 is 31.8 Å². The highest BCUT2D eigenvalue weighted by molar-refractivity contribution is 9.10. The monoisotopic (exact) mass is 361 g/mol. The van der Waals surface area contributed by atoms with Crippen molar-refractivity contribution in [3.05, 3.63) is 69.0 Å². The van der Waals surface area contributed by atoms with Gasteiger partial charge in [-0.05, 0) is 42.8 Å². The maximum Gasteiger partial charge on any atom is 0.216 e. The summed E-state index contributed by atoms with van der Waals surface area (Å²) in [6.45, 7) is 1.87. The van der Waals surface area contributed by atoms with Gasteiger partial charge in [0.2, 0.25) is 9.84 Å². The fraction of sp³-hybridized carbons (Fsp3) is 0.0625. The molecule has 0 spiro atoms. The average Bonchev–Trinajstić information content (AvgIpc) is 2.45. The topological polar surface area (TPSA) is 57.9 Å². The van der Waals surface area contributed by atoms with Gasteiger partial charge in [0.25, 0.3) is 0 Å². The fourth-order valence-electron chi connectivity index (χ4n) is 1.76. The highest BCUT2D eigenvalue weighted by Crippen LogP contribution is 2.22. The SMILES string of the molecule is Cc1ccc(S(=O)(=O)/C(C#N)=C/c2cccc(Br)c2)cc1. The second-order valence-electron chi connectivity index (χ2n) is 4.49. The molecule has 0 radical (unpaired) electrons. The Labute approximate surface area is 132 Å². The van der Waals surface area contributed by atoms with Crippen molar-refractivity contribution in [3.63, 3.8) is 0 Å². The number of nitriles is 1. The van der Waals surface area contributed by atoms with Crippen molar-refractivity contribution in [1.29, 1.82) is 5.26 Å². The summed E-state index contributed by atoms with van der Waals surface area (Å²) in [7, 11) is -3.79. The van der Waals surface area contributed by atoms with E-state index in [0.29, 0.717) is 5.56 Å². The highest BCUT2D eigenvalue weighted by atomic mass is 79.9. The normalized spacial score (nSPS) is 12.0. The summed E-state index contributed by atoms with van der Waals surface area (Å²) in [5.41, 5.74) is 1.61. The number of allylic oxidation sites excluding steroid dienone is 1. The zero-order valence-corrected chi connectivity index (χ0v) is 13.6. The lowest BCUT2D eigenvalue weighted by molar-refractivity contribution is 0.603. The second kappa shape index (κ2) is 6.25. The Kier molecular flexibility index (Phi) is 4.61. The van der Waals surface area contributed by atoms with Crippen molar-refractivity contribution < 1.29 is 8.42 Å². The largest absolute Gasteiger partial charge is 0.218 e.